The number of para-hydroxylation sites is 3. The lowest BCUT2D eigenvalue weighted by Crippen LogP contribution is -2.48. The van der Waals surface area contributed by atoms with Crippen molar-refractivity contribution in [1.29, 1.82) is 5.26 Å². The standard InChI is InChI=1S/C21H23N3O2/c1-24(15-20(25)23-21(16-22)13-7-8-14-21)18-11-5-6-12-19(18)26-17-9-3-2-4-10-17/h2-6,9-12H,7-8,13-15H2,1H3,(H,23,25). The Balaban J connectivity index is 1.69. The molecule has 2 aromatic rings. The van der Waals surface area contributed by atoms with Gasteiger partial charge in [-0.1, -0.05) is 30.3 Å². The Morgan fingerprint density at radius 2 is 1.81 bits per heavy atom. The van der Waals surface area contributed by atoms with Gasteiger partial charge >= 0.3 is 0 Å². The van der Waals surface area contributed by atoms with E-state index in [-0.39, 0.29) is 12.5 Å². The molecule has 0 bridgehead atoms. The number of carbonyl (C=O) groups is 1. The number of carbonyl (C=O) groups excluding carboxylic acids is 1. The summed E-state index contributed by atoms with van der Waals surface area (Å²) >= 11 is 0. The van der Waals surface area contributed by atoms with Crippen LogP contribution in [0.15, 0.2) is 54.6 Å². The van der Waals surface area contributed by atoms with E-state index < -0.39 is 5.54 Å². The van der Waals surface area contributed by atoms with Gasteiger partial charge in [-0.25, -0.2) is 0 Å². The molecule has 1 aliphatic rings. The number of anilines is 1. The molecule has 0 heterocycles. The molecule has 0 aliphatic heterocycles. The molecule has 26 heavy (non-hydrogen) atoms. The van der Waals surface area contributed by atoms with Gasteiger partial charge in [0.1, 0.15) is 11.3 Å². The summed E-state index contributed by atoms with van der Waals surface area (Å²) in [7, 11) is 1.85. The largest absolute Gasteiger partial charge is 0.455 e. The van der Waals surface area contributed by atoms with Crippen molar-refractivity contribution in [2.75, 3.05) is 18.5 Å². The molecule has 0 saturated heterocycles. The lowest BCUT2D eigenvalue weighted by Gasteiger charge is -2.26. The van der Waals surface area contributed by atoms with Crippen LogP contribution in [0, 0.1) is 11.3 Å². The summed E-state index contributed by atoms with van der Waals surface area (Å²) in [6.07, 6.45) is 3.42. The van der Waals surface area contributed by atoms with Crippen LogP contribution < -0.4 is 15.0 Å². The summed E-state index contributed by atoms with van der Waals surface area (Å²) in [5, 5.41) is 12.4. The number of ether oxygens (including phenoxy) is 1. The lowest BCUT2D eigenvalue weighted by molar-refractivity contribution is -0.121. The van der Waals surface area contributed by atoms with Crippen LogP contribution in [0.4, 0.5) is 5.69 Å². The average Bonchev–Trinajstić information content (AvgIpc) is 3.11. The van der Waals surface area contributed by atoms with Gasteiger partial charge < -0.3 is 15.0 Å². The van der Waals surface area contributed by atoms with Gasteiger partial charge in [-0.2, -0.15) is 5.26 Å². The lowest BCUT2D eigenvalue weighted by atomic mass is 10.00. The molecule has 0 atom stereocenters. The third-order valence-corrected chi connectivity index (χ3v) is 4.68. The molecular weight excluding hydrogens is 326 g/mol. The monoisotopic (exact) mass is 349 g/mol. The summed E-state index contributed by atoms with van der Waals surface area (Å²) in [5.41, 5.74) is 0.127. The smallest absolute Gasteiger partial charge is 0.240 e. The minimum absolute atomic E-state index is 0.148. The van der Waals surface area contributed by atoms with E-state index in [1.54, 1.807) is 0 Å². The molecule has 5 nitrogen and oxygen atoms in total. The number of likely N-dealkylation sites (N-methyl/N-ethyl adjacent to an activating group) is 1. The second-order valence-electron chi connectivity index (χ2n) is 6.69. The van der Waals surface area contributed by atoms with Crippen molar-refractivity contribution in [1.82, 2.24) is 5.32 Å². The van der Waals surface area contributed by atoms with E-state index in [9.17, 15) is 10.1 Å². The van der Waals surface area contributed by atoms with Gasteiger partial charge in [0.2, 0.25) is 5.91 Å². The van der Waals surface area contributed by atoms with Gasteiger partial charge in [-0.3, -0.25) is 4.79 Å². The van der Waals surface area contributed by atoms with Crippen LogP contribution in [0.2, 0.25) is 0 Å². The summed E-state index contributed by atoms with van der Waals surface area (Å²) in [4.78, 5) is 14.3. The number of amides is 1. The van der Waals surface area contributed by atoms with Crippen LogP contribution >= 0.6 is 0 Å². The average molecular weight is 349 g/mol. The van der Waals surface area contributed by atoms with Crippen LogP contribution in [0.25, 0.3) is 0 Å². The Bertz CT molecular complexity index is 792. The van der Waals surface area contributed by atoms with E-state index >= 15 is 0 Å². The minimum Gasteiger partial charge on any atom is -0.455 e. The van der Waals surface area contributed by atoms with E-state index in [2.05, 4.69) is 11.4 Å². The van der Waals surface area contributed by atoms with Crippen molar-refractivity contribution in [2.24, 2.45) is 0 Å². The first kappa shape index (κ1) is 17.8. The van der Waals surface area contributed by atoms with Gasteiger partial charge in [0, 0.05) is 7.05 Å². The molecule has 2 aromatic carbocycles. The molecule has 3 rings (SSSR count). The minimum atomic E-state index is -0.696. The molecule has 1 saturated carbocycles. The molecule has 0 aromatic heterocycles. The van der Waals surface area contributed by atoms with E-state index in [4.69, 9.17) is 4.74 Å². The van der Waals surface area contributed by atoms with Crippen LogP contribution in [-0.4, -0.2) is 25.0 Å². The number of hydrogen-bond donors (Lipinski definition) is 1. The number of nitriles is 1. The second-order valence-corrected chi connectivity index (χ2v) is 6.69. The molecule has 1 N–H and O–H groups in total. The highest BCUT2D eigenvalue weighted by molar-refractivity contribution is 5.83. The number of nitrogens with zero attached hydrogens (tertiary/aromatic N) is 2. The molecule has 1 amide bonds. The highest BCUT2D eigenvalue weighted by Crippen LogP contribution is 2.32. The van der Waals surface area contributed by atoms with Crippen LogP contribution in [0.3, 0.4) is 0 Å². The predicted octanol–water partition coefficient (Wildman–Crippen LogP) is 3.87. The fourth-order valence-electron chi connectivity index (χ4n) is 3.32. The van der Waals surface area contributed by atoms with Gasteiger partial charge in [0.15, 0.2) is 5.75 Å². The van der Waals surface area contributed by atoms with E-state index in [0.717, 1.165) is 37.1 Å². The Hall–Kier alpha value is -3.00. The maximum atomic E-state index is 12.5. The van der Waals surface area contributed by atoms with E-state index in [1.807, 2.05) is 66.5 Å². The third-order valence-electron chi connectivity index (χ3n) is 4.68. The van der Waals surface area contributed by atoms with Crippen LogP contribution in [0.1, 0.15) is 25.7 Å². The maximum absolute atomic E-state index is 12.5. The van der Waals surface area contributed by atoms with Crippen LogP contribution in [0.5, 0.6) is 11.5 Å². The zero-order chi connectivity index (χ0) is 18.4. The van der Waals surface area contributed by atoms with Crippen molar-refractivity contribution >= 4 is 11.6 Å². The normalized spacial score (nSPS) is 15.1. The topological polar surface area (TPSA) is 65.4 Å². The Kier molecular flexibility index (Phi) is 5.43. The number of hydrogen-bond acceptors (Lipinski definition) is 4. The first-order chi connectivity index (χ1) is 12.6. The first-order valence-corrected chi connectivity index (χ1v) is 8.87. The van der Waals surface area contributed by atoms with Gasteiger partial charge in [-0.05, 0) is 49.9 Å². The molecular formula is C21H23N3O2. The summed E-state index contributed by atoms with van der Waals surface area (Å²) < 4.78 is 5.96. The fraction of sp³-hybridized carbons (Fsp3) is 0.333. The van der Waals surface area contributed by atoms with E-state index in [1.165, 1.54) is 0 Å². The molecule has 0 radical (unpaired) electrons. The van der Waals surface area contributed by atoms with Gasteiger partial charge in [-0.15, -0.1) is 0 Å². The zero-order valence-corrected chi connectivity index (χ0v) is 14.9. The second kappa shape index (κ2) is 7.92. The molecule has 1 aliphatic carbocycles. The number of nitrogens with one attached hydrogen (secondary N) is 1. The van der Waals surface area contributed by atoms with Gasteiger partial charge in [0.05, 0.1) is 18.3 Å². The summed E-state index contributed by atoms with van der Waals surface area (Å²) in [6, 6.07) is 19.4. The Morgan fingerprint density at radius 3 is 2.50 bits per heavy atom. The van der Waals surface area contributed by atoms with E-state index in [0.29, 0.717) is 5.75 Å². The molecule has 5 heteroatoms. The van der Waals surface area contributed by atoms with Crippen molar-refractivity contribution < 1.29 is 9.53 Å². The maximum Gasteiger partial charge on any atom is 0.240 e. The van der Waals surface area contributed by atoms with Crippen molar-refractivity contribution in [3.63, 3.8) is 0 Å². The Labute approximate surface area is 154 Å². The molecule has 1 fully saturated rings. The summed E-state index contributed by atoms with van der Waals surface area (Å²) in [5.74, 6) is 1.28. The number of rotatable bonds is 6. The third kappa shape index (κ3) is 4.15. The highest BCUT2D eigenvalue weighted by Gasteiger charge is 2.35. The number of benzene rings is 2. The quantitative estimate of drug-likeness (QED) is 0.860. The fourth-order valence-corrected chi connectivity index (χ4v) is 3.32. The molecule has 134 valence electrons. The zero-order valence-electron chi connectivity index (χ0n) is 14.9. The SMILES string of the molecule is CN(CC(=O)NC1(C#N)CCCC1)c1ccccc1Oc1ccccc1. The van der Waals surface area contributed by atoms with Gasteiger partial charge in [0.25, 0.3) is 0 Å². The van der Waals surface area contributed by atoms with Crippen LogP contribution in [-0.2, 0) is 4.79 Å². The van der Waals surface area contributed by atoms with Crippen molar-refractivity contribution in [3.8, 4) is 17.6 Å². The molecule has 0 unspecified atom stereocenters. The van der Waals surface area contributed by atoms with Crippen molar-refractivity contribution in [2.45, 2.75) is 31.2 Å². The molecule has 0 spiro atoms. The predicted molar refractivity (Wildman–Crippen MR) is 101 cm³/mol. The van der Waals surface area contributed by atoms with Crippen molar-refractivity contribution in [3.05, 3.63) is 54.6 Å². The first-order valence-electron chi connectivity index (χ1n) is 8.87. The highest BCUT2D eigenvalue weighted by atomic mass is 16.5. The Morgan fingerprint density at radius 1 is 1.15 bits per heavy atom. The summed E-state index contributed by atoms with van der Waals surface area (Å²) in [6.45, 7) is 0.165.